The number of aliphatic hydroxyl groups is 1. The lowest BCUT2D eigenvalue weighted by atomic mass is 10.1. The Hall–Kier alpha value is -1.29. The Kier molecular flexibility index (Phi) is 4.96. The quantitative estimate of drug-likeness (QED) is 0.846. The van der Waals surface area contributed by atoms with E-state index in [4.69, 9.17) is 4.42 Å². The Morgan fingerprint density at radius 2 is 1.89 bits per heavy atom. The van der Waals surface area contributed by atoms with Crippen LogP contribution in [-0.4, -0.2) is 23.7 Å². The summed E-state index contributed by atoms with van der Waals surface area (Å²) in [6.45, 7) is 9.84. The normalized spacial score (nSPS) is 12.8. The van der Waals surface area contributed by atoms with E-state index in [0.717, 1.165) is 11.3 Å². The molecule has 0 saturated heterocycles. The van der Waals surface area contributed by atoms with Crippen molar-refractivity contribution in [2.24, 2.45) is 5.92 Å². The Bertz CT molecular complexity index is 421. The smallest absolute Gasteiger partial charge is 0.255 e. The monoisotopic (exact) mass is 253 g/mol. The lowest BCUT2D eigenvalue weighted by molar-refractivity contribution is 0.0898. The minimum atomic E-state index is -0.498. The van der Waals surface area contributed by atoms with Crippen LogP contribution in [0.4, 0.5) is 0 Å². The Labute approximate surface area is 108 Å². The average molecular weight is 253 g/mol. The van der Waals surface area contributed by atoms with E-state index in [2.05, 4.69) is 5.32 Å². The van der Waals surface area contributed by atoms with Crippen molar-refractivity contribution in [1.29, 1.82) is 0 Å². The molecule has 0 aliphatic carbocycles. The van der Waals surface area contributed by atoms with Gasteiger partial charge in [0.2, 0.25) is 0 Å². The van der Waals surface area contributed by atoms with Gasteiger partial charge in [-0.15, -0.1) is 0 Å². The first kappa shape index (κ1) is 14.8. The third kappa shape index (κ3) is 3.60. The van der Waals surface area contributed by atoms with E-state index in [1.807, 2.05) is 27.7 Å². The number of furan rings is 1. The van der Waals surface area contributed by atoms with Crippen molar-refractivity contribution < 1.29 is 14.3 Å². The maximum atomic E-state index is 12.0. The number of amides is 1. The van der Waals surface area contributed by atoms with Gasteiger partial charge in [-0.2, -0.15) is 0 Å². The number of aliphatic hydroxyl groups excluding tert-OH is 1. The first-order chi connectivity index (χ1) is 8.32. The van der Waals surface area contributed by atoms with Gasteiger partial charge in [-0.1, -0.05) is 13.8 Å². The second-order valence-electron chi connectivity index (χ2n) is 5.21. The van der Waals surface area contributed by atoms with E-state index in [9.17, 15) is 9.90 Å². The van der Waals surface area contributed by atoms with Gasteiger partial charge in [-0.3, -0.25) is 4.79 Å². The summed E-state index contributed by atoms with van der Waals surface area (Å²) in [6, 6.07) is 0. The standard InChI is InChI=1S/C14H23NO3/c1-8(2)6-12(16)7-15-14(17)13-9(3)10(4)18-11(13)5/h8,12,16H,6-7H2,1-5H3,(H,15,17). The number of hydrogen-bond donors (Lipinski definition) is 2. The summed E-state index contributed by atoms with van der Waals surface area (Å²) in [4.78, 5) is 12.0. The molecule has 4 heteroatoms. The Morgan fingerprint density at radius 1 is 1.28 bits per heavy atom. The van der Waals surface area contributed by atoms with Crippen LogP contribution in [-0.2, 0) is 0 Å². The van der Waals surface area contributed by atoms with Crippen molar-refractivity contribution in [2.75, 3.05) is 6.54 Å². The summed E-state index contributed by atoms with van der Waals surface area (Å²) in [5, 5.41) is 12.5. The Balaban J connectivity index is 2.61. The molecule has 1 aromatic heterocycles. The van der Waals surface area contributed by atoms with E-state index in [1.54, 1.807) is 6.92 Å². The zero-order valence-corrected chi connectivity index (χ0v) is 11.8. The van der Waals surface area contributed by atoms with E-state index >= 15 is 0 Å². The molecule has 1 heterocycles. The summed E-state index contributed by atoms with van der Waals surface area (Å²) in [5.74, 6) is 1.63. The number of carbonyl (C=O) groups is 1. The van der Waals surface area contributed by atoms with Crippen LogP contribution in [0.1, 0.15) is 47.7 Å². The van der Waals surface area contributed by atoms with Gasteiger partial charge < -0.3 is 14.8 Å². The summed E-state index contributed by atoms with van der Waals surface area (Å²) < 4.78 is 5.41. The van der Waals surface area contributed by atoms with Crippen LogP contribution in [0.15, 0.2) is 4.42 Å². The molecule has 18 heavy (non-hydrogen) atoms. The fourth-order valence-electron chi connectivity index (χ4n) is 2.05. The molecule has 1 aromatic rings. The van der Waals surface area contributed by atoms with Gasteiger partial charge in [-0.25, -0.2) is 0 Å². The van der Waals surface area contributed by atoms with Gasteiger partial charge in [0.1, 0.15) is 11.5 Å². The third-order valence-corrected chi connectivity index (χ3v) is 3.03. The van der Waals surface area contributed by atoms with Gasteiger partial charge >= 0.3 is 0 Å². The van der Waals surface area contributed by atoms with Gasteiger partial charge in [0.05, 0.1) is 11.7 Å². The minimum Gasteiger partial charge on any atom is -0.466 e. The van der Waals surface area contributed by atoms with Crippen LogP contribution in [0.25, 0.3) is 0 Å². The van der Waals surface area contributed by atoms with Crippen LogP contribution in [0.2, 0.25) is 0 Å². The largest absolute Gasteiger partial charge is 0.466 e. The zero-order chi connectivity index (χ0) is 13.9. The molecule has 1 rings (SSSR count). The van der Waals surface area contributed by atoms with Crippen LogP contribution in [0.3, 0.4) is 0 Å². The molecule has 4 nitrogen and oxygen atoms in total. The summed E-state index contributed by atoms with van der Waals surface area (Å²) in [6.07, 6.45) is 0.186. The predicted molar refractivity (Wildman–Crippen MR) is 70.7 cm³/mol. The third-order valence-electron chi connectivity index (χ3n) is 3.03. The number of rotatable bonds is 5. The van der Waals surface area contributed by atoms with Crippen LogP contribution < -0.4 is 5.32 Å². The summed E-state index contributed by atoms with van der Waals surface area (Å²) in [5.41, 5.74) is 1.45. The molecule has 1 amide bonds. The average Bonchev–Trinajstić information content (AvgIpc) is 2.49. The second kappa shape index (κ2) is 6.05. The van der Waals surface area contributed by atoms with Gasteiger partial charge in [0.15, 0.2) is 0 Å². The molecule has 0 aliphatic heterocycles. The molecule has 1 unspecified atom stereocenters. The molecule has 1 atom stereocenters. The number of hydrogen-bond acceptors (Lipinski definition) is 3. The van der Waals surface area contributed by atoms with Gasteiger partial charge in [-0.05, 0) is 33.1 Å². The van der Waals surface area contributed by atoms with E-state index < -0.39 is 6.10 Å². The fourth-order valence-corrected chi connectivity index (χ4v) is 2.05. The maximum Gasteiger partial charge on any atom is 0.255 e. The molecule has 0 aromatic carbocycles. The number of aryl methyl sites for hydroxylation is 2. The van der Waals surface area contributed by atoms with E-state index in [-0.39, 0.29) is 12.5 Å². The highest BCUT2D eigenvalue weighted by Crippen LogP contribution is 2.20. The molecule has 0 saturated carbocycles. The number of carbonyl (C=O) groups excluding carboxylic acids is 1. The van der Waals surface area contributed by atoms with Crippen molar-refractivity contribution in [2.45, 2.75) is 47.1 Å². The van der Waals surface area contributed by atoms with Gasteiger partial charge in [0, 0.05) is 12.1 Å². The van der Waals surface area contributed by atoms with Crippen molar-refractivity contribution in [1.82, 2.24) is 5.32 Å². The van der Waals surface area contributed by atoms with Crippen molar-refractivity contribution in [3.8, 4) is 0 Å². The lowest BCUT2D eigenvalue weighted by Crippen LogP contribution is -2.33. The van der Waals surface area contributed by atoms with Crippen LogP contribution >= 0.6 is 0 Å². The van der Waals surface area contributed by atoms with Crippen molar-refractivity contribution in [3.05, 3.63) is 22.6 Å². The zero-order valence-electron chi connectivity index (χ0n) is 11.8. The molecule has 0 radical (unpaired) electrons. The van der Waals surface area contributed by atoms with E-state index in [0.29, 0.717) is 23.7 Å². The highest BCUT2D eigenvalue weighted by molar-refractivity contribution is 5.96. The predicted octanol–water partition coefficient (Wildman–Crippen LogP) is 2.34. The van der Waals surface area contributed by atoms with Crippen LogP contribution in [0, 0.1) is 26.7 Å². The topological polar surface area (TPSA) is 62.5 Å². The SMILES string of the molecule is Cc1oc(C)c(C(=O)NCC(O)CC(C)C)c1C. The molecule has 0 spiro atoms. The molecular formula is C14H23NO3. The number of nitrogens with one attached hydrogen (secondary N) is 1. The fraction of sp³-hybridized carbons (Fsp3) is 0.643. The minimum absolute atomic E-state index is 0.176. The molecule has 2 N–H and O–H groups in total. The highest BCUT2D eigenvalue weighted by Gasteiger charge is 2.19. The summed E-state index contributed by atoms with van der Waals surface area (Å²) >= 11 is 0. The highest BCUT2D eigenvalue weighted by atomic mass is 16.3. The van der Waals surface area contributed by atoms with Crippen molar-refractivity contribution >= 4 is 5.91 Å². The molecular weight excluding hydrogens is 230 g/mol. The first-order valence-electron chi connectivity index (χ1n) is 6.35. The lowest BCUT2D eigenvalue weighted by Gasteiger charge is -2.13. The van der Waals surface area contributed by atoms with Gasteiger partial charge in [0.25, 0.3) is 5.91 Å². The molecule has 0 bridgehead atoms. The maximum absolute atomic E-state index is 12.0. The molecule has 0 aliphatic rings. The Morgan fingerprint density at radius 3 is 2.33 bits per heavy atom. The second-order valence-corrected chi connectivity index (χ2v) is 5.21. The van der Waals surface area contributed by atoms with Crippen LogP contribution in [0.5, 0.6) is 0 Å². The van der Waals surface area contributed by atoms with Crippen molar-refractivity contribution in [3.63, 3.8) is 0 Å². The molecule has 102 valence electrons. The van der Waals surface area contributed by atoms with E-state index in [1.165, 1.54) is 0 Å². The first-order valence-corrected chi connectivity index (χ1v) is 6.35. The summed E-state index contributed by atoms with van der Waals surface area (Å²) in [7, 11) is 0. The molecule has 0 fully saturated rings.